The minimum Gasteiger partial charge on any atom is -0.492 e. The van der Waals surface area contributed by atoms with Crippen molar-refractivity contribution in [1.82, 2.24) is 0 Å². The van der Waals surface area contributed by atoms with Gasteiger partial charge in [-0.25, -0.2) is 0 Å². The normalized spacial score (nSPS) is 14.2. The van der Waals surface area contributed by atoms with Crippen LogP contribution in [0.2, 0.25) is 0 Å². The molecule has 0 spiro atoms. The first-order valence-electron chi connectivity index (χ1n) is 5.08. The van der Waals surface area contributed by atoms with Crippen LogP contribution in [0, 0.1) is 28.4 Å². The molecule has 1 aromatic rings. The lowest BCUT2D eigenvalue weighted by atomic mass is 10.2. The van der Waals surface area contributed by atoms with Gasteiger partial charge in [0, 0.05) is 12.1 Å². The fraction of sp³-hybridized carbons (Fsp3) is 0.333. The smallest absolute Gasteiger partial charge is 0.270 e. The van der Waals surface area contributed by atoms with Crippen LogP contribution in [0.3, 0.4) is 0 Å². The Morgan fingerprint density at radius 1 is 1.56 bits per heavy atom. The molecule has 0 N–H and O–H groups in total. The quantitative estimate of drug-likeness (QED) is 0.442. The number of ether oxygens (including phenoxy) is 1. The number of terminal acetylenes is 1. The lowest BCUT2D eigenvalue weighted by Crippen LogP contribution is -2.01. The second-order valence-electron chi connectivity index (χ2n) is 3.84. The van der Waals surface area contributed by atoms with E-state index in [1.165, 1.54) is 25.0 Å². The van der Waals surface area contributed by atoms with Crippen molar-refractivity contribution in [2.75, 3.05) is 6.61 Å². The molecule has 4 heteroatoms. The molecule has 1 saturated carbocycles. The topological polar surface area (TPSA) is 52.4 Å². The number of hydrogen-bond donors (Lipinski definition) is 0. The predicted octanol–water partition coefficient (Wildman–Crippen LogP) is 2.36. The monoisotopic (exact) mass is 217 g/mol. The van der Waals surface area contributed by atoms with Crippen LogP contribution in [0.25, 0.3) is 0 Å². The summed E-state index contributed by atoms with van der Waals surface area (Å²) in [6, 6.07) is 4.33. The summed E-state index contributed by atoms with van der Waals surface area (Å²) in [4.78, 5) is 10.1. The van der Waals surface area contributed by atoms with Gasteiger partial charge in [0.05, 0.1) is 17.1 Å². The minimum atomic E-state index is -0.467. The average molecular weight is 217 g/mol. The van der Waals surface area contributed by atoms with Gasteiger partial charge in [0.1, 0.15) is 5.75 Å². The Kier molecular flexibility index (Phi) is 2.78. The lowest BCUT2D eigenvalue weighted by Gasteiger charge is -2.06. The largest absolute Gasteiger partial charge is 0.492 e. The molecule has 2 rings (SSSR count). The van der Waals surface area contributed by atoms with Crippen molar-refractivity contribution in [3.05, 3.63) is 33.9 Å². The predicted molar refractivity (Wildman–Crippen MR) is 59.3 cm³/mol. The van der Waals surface area contributed by atoms with Crippen molar-refractivity contribution in [3.63, 3.8) is 0 Å². The SMILES string of the molecule is C#Cc1cc([N+](=O)[O-])ccc1OCC1CC1. The van der Waals surface area contributed by atoms with Crippen LogP contribution in [0.5, 0.6) is 5.75 Å². The van der Waals surface area contributed by atoms with E-state index in [-0.39, 0.29) is 5.69 Å². The number of nitro groups is 1. The van der Waals surface area contributed by atoms with Gasteiger partial charge in [-0.2, -0.15) is 0 Å². The van der Waals surface area contributed by atoms with Gasteiger partial charge in [-0.05, 0) is 24.8 Å². The summed E-state index contributed by atoms with van der Waals surface area (Å²) in [6.45, 7) is 0.645. The molecule has 0 bridgehead atoms. The van der Waals surface area contributed by atoms with Crippen molar-refractivity contribution >= 4 is 5.69 Å². The Bertz CT molecular complexity index is 458. The molecule has 0 aromatic heterocycles. The molecule has 0 amide bonds. The Labute approximate surface area is 93.4 Å². The zero-order valence-corrected chi connectivity index (χ0v) is 8.68. The number of nitrogens with zero attached hydrogens (tertiary/aromatic N) is 1. The third kappa shape index (κ3) is 2.31. The van der Waals surface area contributed by atoms with Crippen molar-refractivity contribution < 1.29 is 9.66 Å². The van der Waals surface area contributed by atoms with Crippen LogP contribution in [-0.4, -0.2) is 11.5 Å². The summed E-state index contributed by atoms with van der Waals surface area (Å²) < 4.78 is 5.52. The molecule has 0 heterocycles. The summed E-state index contributed by atoms with van der Waals surface area (Å²) in [7, 11) is 0. The van der Waals surface area contributed by atoms with Gasteiger partial charge < -0.3 is 4.74 Å². The Morgan fingerprint density at radius 3 is 2.88 bits per heavy atom. The second-order valence-corrected chi connectivity index (χ2v) is 3.84. The zero-order valence-electron chi connectivity index (χ0n) is 8.68. The molecule has 0 aliphatic heterocycles. The number of hydrogen-bond acceptors (Lipinski definition) is 3. The minimum absolute atomic E-state index is 0.00766. The highest BCUT2D eigenvalue weighted by molar-refractivity contribution is 5.51. The zero-order chi connectivity index (χ0) is 11.5. The van der Waals surface area contributed by atoms with Gasteiger partial charge in [-0.1, -0.05) is 5.92 Å². The molecule has 0 radical (unpaired) electrons. The first kappa shape index (κ1) is 10.5. The van der Waals surface area contributed by atoms with Crippen LogP contribution in [0.1, 0.15) is 18.4 Å². The summed E-state index contributed by atoms with van der Waals surface area (Å²) in [5.41, 5.74) is 0.432. The first-order chi connectivity index (χ1) is 7.70. The van der Waals surface area contributed by atoms with E-state index < -0.39 is 4.92 Å². The van der Waals surface area contributed by atoms with Crippen LogP contribution in [0.15, 0.2) is 18.2 Å². The molecule has 4 nitrogen and oxygen atoms in total. The second kappa shape index (κ2) is 4.23. The van der Waals surface area contributed by atoms with Crippen LogP contribution in [0.4, 0.5) is 5.69 Å². The van der Waals surface area contributed by atoms with Crippen LogP contribution in [-0.2, 0) is 0 Å². The van der Waals surface area contributed by atoms with Crippen molar-refractivity contribution in [1.29, 1.82) is 0 Å². The number of nitro benzene ring substituents is 1. The van der Waals surface area contributed by atoms with Gasteiger partial charge in [0.2, 0.25) is 0 Å². The number of rotatable bonds is 4. The average Bonchev–Trinajstić information content (AvgIpc) is 3.09. The first-order valence-corrected chi connectivity index (χ1v) is 5.08. The van der Waals surface area contributed by atoms with Crippen LogP contribution >= 0.6 is 0 Å². The van der Waals surface area contributed by atoms with Crippen LogP contribution < -0.4 is 4.74 Å². The van der Waals surface area contributed by atoms with E-state index in [0.29, 0.717) is 23.8 Å². The van der Waals surface area contributed by atoms with E-state index in [4.69, 9.17) is 11.2 Å². The maximum Gasteiger partial charge on any atom is 0.270 e. The molecule has 1 fully saturated rings. The van der Waals surface area contributed by atoms with Crippen molar-refractivity contribution in [2.24, 2.45) is 5.92 Å². The summed E-state index contributed by atoms with van der Waals surface area (Å²) in [6.07, 6.45) is 7.67. The van der Waals surface area contributed by atoms with Gasteiger partial charge in [-0.15, -0.1) is 6.42 Å². The summed E-state index contributed by atoms with van der Waals surface area (Å²) in [5, 5.41) is 10.6. The molecule has 16 heavy (non-hydrogen) atoms. The highest BCUT2D eigenvalue weighted by atomic mass is 16.6. The molecule has 0 atom stereocenters. The van der Waals surface area contributed by atoms with E-state index in [1.54, 1.807) is 6.07 Å². The number of benzene rings is 1. The third-order valence-electron chi connectivity index (χ3n) is 2.50. The van der Waals surface area contributed by atoms with Gasteiger partial charge in [0.25, 0.3) is 5.69 Å². The Hall–Kier alpha value is -2.02. The molecule has 0 unspecified atom stereocenters. The molecule has 0 saturated heterocycles. The molecule has 1 aliphatic carbocycles. The Morgan fingerprint density at radius 2 is 2.31 bits per heavy atom. The molecule has 82 valence electrons. The Balaban J connectivity index is 2.17. The van der Waals surface area contributed by atoms with Gasteiger partial charge in [-0.3, -0.25) is 10.1 Å². The highest BCUT2D eigenvalue weighted by Gasteiger charge is 2.22. The molecular weight excluding hydrogens is 206 g/mol. The molecule has 1 aliphatic rings. The highest BCUT2D eigenvalue weighted by Crippen LogP contribution is 2.31. The van der Waals surface area contributed by atoms with Gasteiger partial charge in [0.15, 0.2) is 0 Å². The molecular formula is C12H11NO3. The third-order valence-corrected chi connectivity index (χ3v) is 2.50. The van der Waals surface area contributed by atoms with E-state index in [2.05, 4.69) is 5.92 Å². The van der Waals surface area contributed by atoms with Gasteiger partial charge >= 0.3 is 0 Å². The van der Waals surface area contributed by atoms with E-state index in [1.807, 2.05) is 0 Å². The summed E-state index contributed by atoms with van der Waals surface area (Å²) in [5.74, 6) is 3.59. The fourth-order valence-corrected chi connectivity index (χ4v) is 1.36. The lowest BCUT2D eigenvalue weighted by molar-refractivity contribution is -0.384. The number of non-ortho nitro benzene ring substituents is 1. The summed E-state index contributed by atoms with van der Waals surface area (Å²) >= 11 is 0. The standard InChI is InChI=1S/C12H11NO3/c1-2-10-7-11(13(14)15)5-6-12(10)16-8-9-3-4-9/h1,5-7,9H,3-4,8H2. The van der Waals surface area contributed by atoms with E-state index >= 15 is 0 Å². The maximum atomic E-state index is 10.6. The fourth-order valence-electron chi connectivity index (χ4n) is 1.36. The van der Waals surface area contributed by atoms with Crippen molar-refractivity contribution in [2.45, 2.75) is 12.8 Å². The van der Waals surface area contributed by atoms with E-state index in [0.717, 1.165) is 0 Å². The van der Waals surface area contributed by atoms with E-state index in [9.17, 15) is 10.1 Å². The molecule has 1 aromatic carbocycles. The maximum absolute atomic E-state index is 10.6. The van der Waals surface area contributed by atoms with Crippen molar-refractivity contribution in [3.8, 4) is 18.1 Å².